The molecule has 0 radical (unpaired) electrons. The Kier molecular flexibility index (Phi) is 7.93. The minimum absolute atomic E-state index is 0.243. The second-order valence-electron chi connectivity index (χ2n) is 6.71. The summed E-state index contributed by atoms with van der Waals surface area (Å²) in [7, 11) is 5.33. The summed E-state index contributed by atoms with van der Waals surface area (Å²) in [5.41, 5.74) is 0.752. The lowest BCUT2D eigenvalue weighted by molar-refractivity contribution is 0.187. The van der Waals surface area contributed by atoms with Crippen LogP contribution in [-0.4, -0.2) is 60.6 Å². The Labute approximate surface area is 174 Å². The minimum Gasteiger partial charge on any atom is -0.489 e. The van der Waals surface area contributed by atoms with E-state index in [1.54, 1.807) is 55.5 Å². The number of urea groups is 1. The molecular formula is C20H24FN7O2. The van der Waals surface area contributed by atoms with Gasteiger partial charge in [0, 0.05) is 45.2 Å². The SMILES string of the molecule is C[C@H](CN(C)/C(=N\C#N)N(C)C)Oc1cc(F)cc(NC(=O)Nc2cccnc2)c1. The van der Waals surface area contributed by atoms with Crippen molar-refractivity contribution in [3.8, 4) is 11.9 Å². The number of nitrogens with one attached hydrogen (secondary N) is 2. The van der Waals surface area contributed by atoms with E-state index in [9.17, 15) is 9.18 Å². The molecule has 0 fully saturated rings. The van der Waals surface area contributed by atoms with Gasteiger partial charge in [0.05, 0.1) is 18.4 Å². The first-order valence-electron chi connectivity index (χ1n) is 9.09. The van der Waals surface area contributed by atoms with E-state index in [-0.39, 0.29) is 17.5 Å². The highest BCUT2D eigenvalue weighted by atomic mass is 19.1. The summed E-state index contributed by atoms with van der Waals surface area (Å²) in [5, 5.41) is 14.0. The van der Waals surface area contributed by atoms with Gasteiger partial charge in [0.2, 0.25) is 12.2 Å². The molecule has 0 aliphatic carbocycles. The molecule has 0 bridgehead atoms. The van der Waals surface area contributed by atoms with Crippen LogP contribution in [0.3, 0.4) is 0 Å². The van der Waals surface area contributed by atoms with Crippen molar-refractivity contribution in [1.82, 2.24) is 14.8 Å². The molecule has 0 spiro atoms. The Hall–Kier alpha value is -3.87. The molecule has 30 heavy (non-hydrogen) atoms. The lowest BCUT2D eigenvalue weighted by Crippen LogP contribution is -2.42. The van der Waals surface area contributed by atoms with Gasteiger partial charge in [-0.15, -0.1) is 4.99 Å². The third-order valence-corrected chi connectivity index (χ3v) is 3.81. The number of nitrogens with zero attached hydrogens (tertiary/aromatic N) is 5. The van der Waals surface area contributed by atoms with Gasteiger partial charge in [-0.25, -0.2) is 9.18 Å². The zero-order chi connectivity index (χ0) is 22.1. The predicted octanol–water partition coefficient (Wildman–Crippen LogP) is 2.96. The summed E-state index contributed by atoms with van der Waals surface area (Å²) < 4.78 is 19.8. The average molecular weight is 413 g/mol. The van der Waals surface area contributed by atoms with Gasteiger partial charge in [0.1, 0.15) is 17.7 Å². The standard InChI is InChI=1S/C20H24FN7O2/c1-14(12-28(4)20(24-13-22)27(2)3)30-18-9-15(21)8-17(10-18)26-19(29)25-16-6-5-7-23-11-16/h5-11,14H,12H2,1-4H3,(H2,25,26,29)/b24-20-/t14-/m1/s1. The summed E-state index contributed by atoms with van der Waals surface area (Å²) in [4.78, 5) is 23.3. The third kappa shape index (κ3) is 6.94. The van der Waals surface area contributed by atoms with Gasteiger partial charge in [0.25, 0.3) is 0 Å². The fourth-order valence-electron chi connectivity index (χ4n) is 2.74. The molecule has 2 rings (SSSR count). The van der Waals surface area contributed by atoms with E-state index in [1.165, 1.54) is 24.4 Å². The minimum atomic E-state index is -0.551. The number of carbonyl (C=O) groups excluding carboxylic acids is 1. The molecule has 2 aromatic rings. The molecule has 158 valence electrons. The maximum Gasteiger partial charge on any atom is 0.323 e. The van der Waals surface area contributed by atoms with Crippen molar-refractivity contribution in [1.29, 1.82) is 5.26 Å². The second-order valence-corrected chi connectivity index (χ2v) is 6.71. The number of halogens is 1. The Morgan fingerprint density at radius 3 is 2.67 bits per heavy atom. The lowest BCUT2D eigenvalue weighted by Gasteiger charge is -2.28. The zero-order valence-corrected chi connectivity index (χ0v) is 17.3. The van der Waals surface area contributed by atoms with Crippen LogP contribution in [-0.2, 0) is 0 Å². The van der Waals surface area contributed by atoms with Gasteiger partial charge in [-0.2, -0.15) is 5.26 Å². The monoisotopic (exact) mass is 413 g/mol. The zero-order valence-electron chi connectivity index (χ0n) is 17.3. The van der Waals surface area contributed by atoms with E-state index in [0.29, 0.717) is 18.2 Å². The largest absolute Gasteiger partial charge is 0.489 e. The first-order chi connectivity index (χ1) is 14.3. The number of hydrogen-bond acceptors (Lipinski definition) is 5. The van der Waals surface area contributed by atoms with Gasteiger partial charge in [0.15, 0.2) is 0 Å². The number of aliphatic imine (C=N–C) groups is 1. The number of ether oxygens (including phenoxy) is 1. The number of guanidine groups is 1. The number of benzene rings is 1. The van der Waals surface area contributed by atoms with Crippen molar-refractivity contribution in [3.63, 3.8) is 0 Å². The molecular weight excluding hydrogens is 389 g/mol. The predicted molar refractivity (Wildman–Crippen MR) is 113 cm³/mol. The number of pyridine rings is 1. The van der Waals surface area contributed by atoms with Crippen molar-refractivity contribution >= 4 is 23.4 Å². The highest BCUT2D eigenvalue weighted by Crippen LogP contribution is 2.22. The summed E-state index contributed by atoms with van der Waals surface area (Å²) in [6, 6.07) is 6.79. The number of aromatic nitrogens is 1. The van der Waals surface area contributed by atoms with E-state index in [0.717, 1.165) is 0 Å². The Bertz CT molecular complexity index is 928. The number of anilines is 2. The molecule has 1 atom stereocenters. The summed E-state index contributed by atoms with van der Waals surface area (Å²) in [6.45, 7) is 2.21. The molecule has 1 aromatic heterocycles. The van der Waals surface area contributed by atoms with Crippen molar-refractivity contribution in [3.05, 3.63) is 48.5 Å². The smallest absolute Gasteiger partial charge is 0.323 e. The van der Waals surface area contributed by atoms with Gasteiger partial charge in [-0.1, -0.05) is 0 Å². The highest BCUT2D eigenvalue weighted by molar-refractivity contribution is 5.99. The molecule has 2 amide bonds. The van der Waals surface area contributed by atoms with Crippen LogP contribution in [0.15, 0.2) is 47.7 Å². The van der Waals surface area contributed by atoms with Crippen LogP contribution in [0.25, 0.3) is 0 Å². The van der Waals surface area contributed by atoms with E-state index in [4.69, 9.17) is 10.00 Å². The number of carbonyl (C=O) groups is 1. The average Bonchev–Trinajstić information content (AvgIpc) is 2.65. The van der Waals surface area contributed by atoms with Gasteiger partial charge in [-0.05, 0) is 25.1 Å². The number of hydrogen-bond donors (Lipinski definition) is 2. The molecule has 0 saturated carbocycles. The van der Waals surface area contributed by atoms with E-state index >= 15 is 0 Å². The number of likely N-dealkylation sites (N-methyl/N-ethyl adjacent to an activating group) is 1. The molecule has 1 aromatic carbocycles. The van der Waals surface area contributed by atoms with Crippen molar-refractivity contribution in [2.45, 2.75) is 13.0 Å². The Balaban J connectivity index is 2.01. The highest BCUT2D eigenvalue weighted by Gasteiger charge is 2.15. The summed E-state index contributed by atoms with van der Waals surface area (Å²) in [5.74, 6) is 0.183. The van der Waals surface area contributed by atoms with Gasteiger partial charge in [-0.3, -0.25) is 4.98 Å². The van der Waals surface area contributed by atoms with Gasteiger partial charge >= 0.3 is 6.03 Å². The second kappa shape index (κ2) is 10.6. The van der Waals surface area contributed by atoms with E-state index in [1.807, 2.05) is 6.92 Å². The van der Waals surface area contributed by atoms with Crippen LogP contribution in [0.1, 0.15) is 6.92 Å². The Morgan fingerprint density at radius 1 is 1.30 bits per heavy atom. The summed E-state index contributed by atoms with van der Waals surface area (Å²) in [6.07, 6.45) is 4.50. The van der Waals surface area contributed by atoms with Crippen LogP contribution in [0, 0.1) is 17.3 Å². The van der Waals surface area contributed by atoms with Crippen LogP contribution in [0.5, 0.6) is 5.75 Å². The first-order valence-corrected chi connectivity index (χ1v) is 9.09. The quantitative estimate of drug-likeness (QED) is 0.428. The van der Waals surface area contributed by atoms with Crippen LogP contribution >= 0.6 is 0 Å². The van der Waals surface area contributed by atoms with Crippen LogP contribution in [0.4, 0.5) is 20.6 Å². The fraction of sp³-hybridized carbons (Fsp3) is 0.300. The Morgan fingerprint density at radius 2 is 2.03 bits per heavy atom. The lowest BCUT2D eigenvalue weighted by atomic mass is 10.2. The normalized spacial score (nSPS) is 11.8. The number of nitriles is 1. The van der Waals surface area contributed by atoms with E-state index in [2.05, 4.69) is 20.6 Å². The van der Waals surface area contributed by atoms with E-state index < -0.39 is 11.8 Å². The van der Waals surface area contributed by atoms with Gasteiger partial charge < -0.3 is 25.2 Å². The molecule has 10 heteroatoms. The molecule has 0 saturated heterocycles. The summed E-state index contributed by atoms with van der Waals surface area (Å²) >= 11 is 0. The topological polar surface area (TPSA) is 106 Å². The maximum absolute atomic E-state index is 14.0. The first kappa shape index (κ1) is 22.4. The van der Waals surface area contributed by atoms with Crippen LogP contribution in [0.2, 0.25) is 0 Å². The van der Waals surface area contributed by atoms with Crippen molar-refractivity contribution in [2.75, 3.05) is 38.3 Å². The number of rotatable bonds is 6. The van der Waals surface area contributed by atoms with Crippen molar-refractivity contribution < 1.29 is 13.9 Å². The molecule has 0 unspecified atom stereocenters. The molecule has 0 aliphatic heterocycles. The van der Waals surface area contributed by atoms with Crippen molar-refractivity contribution in [2.24, 2.45) is 4.99 Å². The fourth-order valence-corrected chi connectivity index (χ4v) is 2.74. The van der Waals surface area contributed by atoms with Crippen LogP contribution < -0.4 is 15.4 Å². The molecule has 0 aliphatic rings. The molecule has 2 N–H and O–H groups in total. The maximum atomic E-state index is 14.0. The number of amides is 2. The molecule has 9 nitrogen and oxygen atoms in total. The molecule has 1 heterocycles. The third-order valence-electron chi connectivity index (χ3n) is 3.81.